The number of pyridine rings is 1. The van der Waals surface area contributed by atoms with Crippen LogP contribution in [-0.4, -0.2) is 65.8 Å². The van der Waals surface area contributed by atoms with Gasteiger partial charge in [0, 0.05) is 46.8 Å². The molecule has 2 heterocycles. The molecular weight excluding hydrogens is 664 g/mol. The van der Waals surface area contributed by atoms with Gasteiger partial charge in [-0.1, -0.05) is 53.8 Å². The third-order valence-electron chi connectivity index (χ3n) is 7.67. The molecule has 2 aromatic carbocycles. The van der Waals surface area contributed by atoms with Gasteiger partial charge in [0.2, 0.25) is 5.90 Å². The summed E-state index contributed by atoms with van der Waals surface area (Å²) >= 11 is 2.53. The van der Waals surface area contributed by atoms with Crippen molar-refractivity contribution in [2.45, 2.75) is 49.6 Å². The molecule has 0 radical (unpaired) electrons. The van der Waals surface area contributed by atoms with Crippen LogP contribution < -0.4 is 9.64 Å². The van der Waals surface area contributed by atoms with E-state index < -0.39 is 5.97 Å². The van der Waals surface area contributed by atoms with Crippen molar-refractivity contribution >= 4 is 40.1 Å². The van der Waals surface area contributed by atoms with Crippen LogP contribution >= 0.6 is 22.6 Å². The van der Waals surface area contributed by atoms with E-state index >= 15 is 0 Å². The highest BCUT2D eigenvalue weighted by Gasteiger charge is 2.31. The fraction of sp³-hybridized carbons (Fsp3) is 0.424. The molecule has 43 heavy (non-hydrogen) atoms. The fourth-order valence-corrected chi connectivity index (χ4v) is 5.69. The minimum absolute atomic E-state index is 0.124. The monoisotopic (exact) mass is 703 g/mol. The molecule has 0 atom stereocenters. The van der Waals surface area contributed by atoms with Gasteiger partial charge in [-0.2, -0.15) is 0 Å². The zero-order valence-corrected chi connectivity index (χ0v) is 27.3. The van der Waals surface area contributed by atoms with Crippen LogP contribution in [0, 0.1) is 12.7 Å². The number of aryl methyl sites for hydroxylation is 1. The number of aromatic nitrogens is 1. The van der Waals surface area contributed by atoms with E-state index in [1.807, 2.05) is 31.2 Å². The summed E-state index contributed by atoms with van der Waals surface area (Å²) in [6, 6.07) is 14.2. The standard InChI is InChI=1S/C33H39FIN3O5/c1-22-27(19-30(39)40)32(38-16-14-33(2,35)15-17-38)31(28(37-22)20-42-21-29(36-3)41-4)24-7-11-26(12-8-24)43-18-13-23-5-9-25(34)10-6-23/h5-12H,13-21H2,1-4H3,(H,39,40). The maximum atomic E-state index is 13.2. The molecular formula is C33H39FIN3O5. The van der Waals surface area contributed by atoms with E-state index in [9.17, 15) is 14.3 Å². The number of rotatable bonds is 12. The third kappa shape index (κ3) is 8.88. The molecule has 4 rings (SSSR count). The number of nitrogens with zero attached hydrogens (tertiary/aromatic N) is 3. The number of anilines is 1. The number of aliphatic carboxylic acids is 1. The van der Waals surface area contributed by atoms with E-state index in [0.717, 1.165) is 59.6 Å². The van der Waals surface area contributed by atoms with Crippen LogP contribution in [0.15, 0.2) is 53.5 Å². The third-order valence-corrected chi connectivity index (χ3v) is 8.74. The number of carboxylic acid groups (broad SMARTS) is 1. The van der Waals surface area contributed by atoms with Crippen LogP contribution in [0.1, 0.15) is 42.3 Å². The Morgan fingerprint density at radius 1 is 1.14 bits per heavy atom. The predicted molar refractivity (Wildman–Crippen MR) is 175 cm³/mol. The van der Waals surface area contributed by atoms with E-state index in [0.29, 0.717) is 30.4 Å². The Bertz CT molecular complexity index is 1420. The summed E-state index contributed by atoms with van der Waals surface area (Å²) in [5, 5.41) is 9.87. The van der Waals surface area contributed by atoms with Gasteiger partial charge in [-0.3, -0.25) is 14.8 Å². The highest BCUT2D eigenvalue weighted by Crippen LogP contribution is 2.42. The van der Waals surface area contributed by atoms with Gasteiger partial charge in [-0.25, -0.2) is 4.39 Å². The van der Waals surface area contributed by atoms with Crippen molar-refractivity contribution in [1.29, 1.82) is 0 Å². The van der Waals surface area contributed by atoms with Gasteiger partial charge < -0.3 is 24.2 Å². The van der Waals surface area contributed by atoms with Crippen molar-refractivity contribution in [3.63, 3.8) is 0 Å². The molecule has 1 aliphatic rings. The fourth-order valence-electron chi connectivity index (χ4n) is 5.21. The number of methoxy groups -OCH3 is 1. The van der Waals surface area contributed by atoms with E-state index in [4.69, 9.17) is 19.2 Å². The Kier molecular flexibility index (Phi) is 11.4. The van der Waals surface area contributed by atoms with Crippen molar-refractivity contribution in [3.05, 3.63) is 76.9 Å². The molecule has 0 unspecified atom stereocenters. The van der Waals surface area contributed by atoms with Crippen LogP contribution in [0.2, 0.25) is 0 Å². The number of carbonyl (C=O) groups is 1. The molecule has 1 N–H and O–H groups in total. The van der Waals surface area contributed by atoms with Crippen molar-refractivity contribution in [3.8, 4) is 16.9 Å². The lowest BCUT2D eigenvalue weighted by atomic mass is 9.92. The van der Waals surface area contributed by atoms with E-state index in [-0.39, 0.29) is 28.9 Å². The largest absolute Gasteiger partial charge is 0.493 e. The predicted octanol–water partition coefficient (Wildman–Crippen LogP) is 6.43. The molecule has 1 saturated heterocycles. The molecule has 1 fully saturated rings. The van der Waals surface area contributed by atoms with Gasteiger partial charge in [0.15, 0.2) is 0 Å². The number of halogens is 2. The highest BCUT2D eigenvalue weighted by molar-refractivity contribution is 14.1. The van der Waals surface area contributed by atoms with E-state index in [2.05, 4.69) is 39.4 Å². The normalized spacial score (nSPS) is 14.9. The van der Waals surface area contributed by atoms with Crippen molar-refractivity contribution < 1.29 is 28.5 Å². The summed E-state index contributed by atoms with van der Waals surface area (Å²) in [6.07, 6.45) is 2.50. The average molecular weight is 704 g/mol. The molecule has 3 aromatic rings. The van der Waals surface area contributed by atoms with Crippen LogP contribution in [0.3, 0.4) is 0 Å². The Labute approximate surface area is 266 Å². The van der Waals surface area contributed by atoms with Crippen molar-refractivity contribution in [2.75, 3.05) is 45.4 Å². The van der Waals surface area contributed by atoms with Gasteiger partial charge in [-0.05, 0) is 55.2 Å². The lowest BCUT2D eigenvalue weighted by Crippen LogP contribution is -2.40. The number of ether oxygens (including phenoxy) is 3. The molecule has 1 aromatic heterocycles. The maximum Gasteiger partial charge on any atom is 0.307 e. The highest BCUT2D eigenvalue weighted by atomic mass is 127. The van der Waals surface area contributed by atoms with Gasteiger partial charge in [0.1, 0.15) is 18.2 Å². The average Bonchev–Trinajstić information content (AvgIpc) is 2.98. The number of hydrogen-bond donors (Lipinski definition) is 1. The zero-order valence-electron chi connectivity index (χ0n) is 25.2. The quantitative estimate of drug-likeness (QED) is 0.101. The summed E-state index contributed by atoms with van der Waals surface area (Å²) in [7, 11) is 3.20. The van der Waals surface area contributed by atoms with E-state index in [1.165, 1.54) is 12.1 Å². The molecule has 0 amide bonds. The first-order chi connectivity index (χ1) is 20.6. The second kappa shape index (κ2) is 15.0. The molecule has 0 spiro atoms. The Morgan fingerprint density at radius 2 is 1.81 bits per heavy atom. The minimum atomic E-state index is -0.898. The smallest absolute Gasteiger partial charge is 0.307 e. The first-order valence-corrected chi connectivity index (χ1v) is 15.4. The molecule has 10 heteroatoms. The summed E-state index contributed by atoms with van der Waals surface area (Å²) < 4.78 is 30.7. The topological polar surface area (TPSA) is 93.5 Å². The molecule has 8 nitrogen and oxygen atoms in total. The second-order valence-electron chi connectivity index (χ2n) is 10.9. The summed E-state index contributed by atoms with van der Waals surface area (Å²) in [6.45, 7) is 6.59. The van der Waals surface area contributed by atoms with Crippen molar-refractivity contribution in [2.24, 2.45) is 4.99 Å². The number of benzene rings is 2. The minimum Gasteiger partial charge on any atom is -0.493 e. The molecule has 0 bridgehead atoms. The molecule has 230 valence electrons. The van der Waals surface area contributed by atoms with Gasteiger partial charge >= 0.3 is 5.97 Å². The van der Waals surface area contributed by atoms with Crippen LogP contribution in [0.25, 0.3) is 11.1 Å². The SMILES string of the molecule is CN=C(COCc1nc(C)c(CC(=O)O)c(N2CCC(C)(I)CC2)c1-c1ccc(OCCc2ccc(F)cc2)cc1)OC. The van der Waals surface area contributed by atoms with Gasteiger partial charge in [-0.15, -0.1) is 0 Å². The Morgan fingerprint density at radius 3 is 2.42 bits per heavy atom. The summed E-state index contributed by atoms with van der Waals surface area (Å²) in [5.74, 6) is 0.0247. The number of aliphatic imine (C=N–C) groups is 1. The Balaban J connectivity index is 1.69. The lowest BCUT2D eigenvalue weighted by molar-refractivity contribution is -0.136. The number of carboxylic acids is 1. The van der Waals surface area contributed by atoms with Crippen LogP contribution in [0.5, 0.6) is 5.75 Å². The van der Waals surface area contributed by atoms with Crippen LogP contribution in [0.4, 0.5) is 10.1 Å². The maximum absolute atomic E-state index is 13.2. The Hall–Kier alpha value is -3.25. The van der Waals surface area contributed by atoms with E-state index in [1.54, 1.807) is 26.3 Å². The lowest BCUT2D eigenvalue weighted by Gasteiger charge is -2.39. The van der Waals surface area contributed by atoms with Crippen molar-refractivity contribution in [1.82, 2.24) is 4.98 Å². The molecule has 0 saturated carbocycles. The number of alkyl halides is 1. The second-order valence-corrected chi connectivity index (χ2v) is 13.5. The van der Waals surface area contributed by atoms with Gasteiger partial charge in [0.25, 0.3) is 0 Å². The zero-order chi connectivity index (χ0) is 31.0. The first kappa shape index (κ1) is 32.7. The number of hydrogen-bond acceptors (Lipinski definition) is 7. The molecule has 1 aliphatic heterocycles. The van der Waals surface area contributed by atoms with Crippen LogP contribution in [-0.2, 0) is 33.7 Å². The first-order valence-electron chi connectivity index (χ1n) is 14.3. The molecule has 0 aliphatic carbocycles. The summed E-state index contributed by atoms with van der Waals surface area (Å²) in [5.41, 5.74) is 5.79. The summed E-state index contributed by atoms with van der Waals surface area (Å²) in [4.78, 5) is 23.3. The van der Waals surface area contributed by atoms with Gasteiger partial charge in [0.05, 0.1) is 38.1 Å². The number of piperidine rings is 1.